The van der Waals surface area contributed by atoms with Crippen molar-refractivity contribution < 1.29 is 4.74 Å². The number of nitrogens with one attached hydrogen (secondary N) is 2. The highest BCUT2D eigenvalue weighted by Crippen LogP contribution is 2.08. The van der Waals surface area contributed by atoms with Crippen LogP contribution < -0.4 is 10.6 Å². The Kier molecular flexibility index (Phi) is 13.5. The Morgan fingerprint density at radius 1 is 1.18 bits per heavy atom. The molecular formula is C21H38IN5O. The number of halogens is 1. The first-order valence-electron chi connectivity index (χ1n) is 10.3. The SMILES string of the molecule is CCNC(=NCc1cccc(CN(C)CC)c1)NCCCN1CCOCC1.I. The highest BCUT2D eigenvalue weighted by atomic mass is 127. The Labute approximate surface area is 188 Å². The molecule has 0 saturated carbocycles. The lowest BCUT2D eigenvalue weighted by Gasteiger charge is -2.26. The topological polar surface area (TPSA) is 52.1 Å². The third-order valence-electron chi connectivity index (χ3n) is 4.79. The van der Waals surface area contributed by atoms with E-state index in [0.29, 0.717) is 6.54 Å². The number of aliphatic imine (C=N–C) groups is 1. The molecule has 1 saturated heterocycles. The van der Waals surface area contributed by atoms with Gasteiger partial charge in [0, 0.05) is 32.7 Å². The van der Waals surface area contributed by atoms with Crippen molar-refractivity contribution in [3.05, 3.63) is 35.4 Å². The lowest BCUT2D eigenvalue weighted by molar-refractivity contribution is 0.0376. The fraction of sp³-hybridized carbons (Fsp3) is 0.667. The molecule has 7 heteroatoms. The molecule has 0 radical (unpaired) electrons. The van der Waals surface area contributed by atoms with Crippen molar-refractivity contribution in [2.24, 2.45) is 4.99 Å². The lowest BCUT2D eigenvalue weighted by Crippen LogP contribution is -2.40. The van der Waals surface area contributed by atoms with E-state index in [-0.39, 0.29) is 24.0 Å². The van der Waals surface area contributed by atoms with Gasteiger partial charge in [0.05, 0.1) is 19.8 Å². The minimum absolute atomic E-state index is 0. The summed E-state index contributed by atoms with van der Waals surface area (Å²) >= 11 is 0. The fourth-order valence-electron chi connectivity index (χ4n) is 3.10. The molecule has 1 fully saturated rings. The highest BCUT2D eigenvalue weighted by molar-refractivity contribution is 14.0. The molecule has 1 aliphatic rings. The van der Waals surface area contributed by atoms with Crippen LogP contribution in [0.1, 0.15) is 31.4 Å². The van der Waals surface area contributed by atoms with E-state index < -0.39 is 0 Å². The maximum absolute atomic E-state index is 5.40. The Balaban J connectivity index is 0.00000392. The van der Waals surface area contributed by atoms with Crippen LogP contribution in [0.25, 0.3) is 0 Å². The molecule has 0 aromatic heterocycles. The van der Waals surface area contributed by atoms with Gasteiger partial charge in [-0.1, -0.05) is 31.2 Å². The van der Waals surface area contributed by atoms with E-state index in [9.17, 15) is 0 Å². The summed E-state index contributed by atoms with van der Waals surface area (Å²) in [6.07, 6.45) is 1.11. The van der Waals surface area contributed by atoms with Crippen molar-refractivity contribution >= 4 is 29.9 Å². The molecule has 0 atom stereocenters. The summed E-state index contributed by atoms with van der Waals surface area (Å²) in [5.41, 5.74) is 2.60. The summed E-state index contributed by atoms with van der Waals surface area (Å²) in [7, 11) is 2.15. The molecule has 6 nitrogen and oxygen atoms in total. The van der Waals surface area contributed by atoms with Crippen LogP contribution in [-0.2, 0) is 17.8 Å². The zero-order valence-corrected chi connectivity index (χ0v) is 20.1. The predicted molar refractivity (Wildman–Crippen MR) is 129 cm³/mol. The minimum Gasteiger partial charge on any atom is -0.379 e. The second-order valence-corrected chi connectivity index (χ2v) is 7.08. The van der Waals surface area contributed by atoms with Crippen molar-refractivity contribution in [3.63, 3.8) is 0 Å². The van der Waals surface area contributed by atoms with Gasteiger partial charge >= 0.3 is 0 Å². The van der Waals surface area contributed by atoms with E-state index in [1.807, 2.05) is 0 Å². The molecule has 1 aromatic rings. The molecule has 2 rings (SSSR count). The largest absolute Gasteiger partial charge is 0.379 e. The van der Waals surface area contributed by atoms with Crippen LogP contribution in [-0.4, -0.2) is 75.3 Å². The quantitative estimate of drug-likeness (QED) is 0.223. The average molecular weight is 503 g/mol. The normalized spacial score (nSPS) is 15.4. The van der Waals surface area contributed by atoms with E-state index in [2.05, 4.69) is 65.6 Å². The van der Waals surface area contributed by atoms with Crippen LogP contribution in [0.4, 0.5) is 0 Å². The van der Waals surface area contributed by atoms with Gasteiger partial charge in [-0.25, -0.2) is 4.99 Å². The summed E-state index contributed by atoms with van der Waals surface area (Å²) in [4.78, 5) is 9.53. The lowest BCUT2D eigenvalue weighted by atomic mass is 10.1. The van der Waals surface area contributed by atoms with Crippen LogP contribution >= 0.6 is 24.0 Å². The highest BCUT2D eigenvalue weighted by Gasteiger charge is 2.09. The molecule has 2 N–H and O–H groups in total. The molecular weight excluding hydrogens is 465 g/mol. The molecule has 0 bridgehead atoms. The third-order valence-corrected chi connectivity index (χ3v) is 4.79. The number of morpholine rings is 1. The van der Waals surface area contributed by atoms with E-state index in [0.717, 1.165) is 71.4 Å². The molecule has 1 heterocycles. The number of ether oxygens (including phenoxy) is 1. The standard InChI is InChI=1S/C21H37N5O.HI/c1-4-22-21(23-10-7-11-26-12-14-27-15-13-26)24-17-19-8-6-9-20(16-19)18-25(3)5-2;/h6,8-9,16H,4-5,7,10-15,17-18H2,1-3H3,(H2,22,23,24);1H. The molecule has 0 aliphatic carbocycles. The van der Waals surface area contributed by atoms with E-state index in [4.69, 9.17) is 9.73 Å². The van der Waals surface area contributed by atoms with Crippen LogP contribution in [0.5, 0.6) is 0 Å². The van der Waals surface area contributed by atoms with E-state index >= 15 is 0 Å². The molecule has 28 heavy (non-hydrogen) atoms. The van der Waals surface area contributed by atoms with Gasteiger partial charge in [-0.3, -0.25) is 4.90 Å². The van der Waals surface area contributed by atoms with Crippen molar-refractivity contribution in [2.45, 2.75) is 33.4 Å². The number of rotatable bonds is 10. The maximum Gasteiger partial charge on any atom is 0.191 e. The molecule has 1 aromatic carbocycles. The number of hydrogen-bond donors (Lipinski definition) is 2. The van der Waals surface area contributed by atoms with Gasteiger partial charge < -0.3 is 20.3 Å². The summed E-state index contributed by atoms with van der Waals surface area (Å²) in [5, 5.41) is 6.80. The van der Waals surface area contributed by atoms with Crippen LogP contribution in [0.15, 0.2) is 29.3 Å². The number of hydrogen-bond acceptors (Lipinski definition) is 4. The maximum atomic E-state index is 5.40. The van der Waals surface area contributed by atoms with Crippen molar-refractivity contribution in [1.29, 1.82) is 0 Å². The van der Waals surface area contributed by atoms with Gasteiger partial charge in [-0.2, -0.15) is 0 Å². The van der Waals surface area contributed by atoms with E-state index in [1.165, 1.54) is 11.1 Å². The minimum atomic E-state index is 0. The van der Waals surface area contributed by atoms with Gasteiger partial charge in [0.25, 0.3) is 0 Å². The summed E-state index contributed by atoms with van der Waals surface area (Å²) in [6, 6.07) is 8.74. The van der Waals surface area contributed by atoms with Crippen molar-refractivity contribution in [2.75, 3.05) is 59.5 Å². The Morgan fingerprint density at radius 2 is 1.93 bits per heavy atom. The summed E-state index contributed by atoms with van der Waals surface area (Å²) in [5.74, 6) is 0.899. The molecule has 0 amide bonds. The third kappa shape index (κ3) is 10.0. The summed E-state index contributed by atoms with van der Waals surface area (Å²) < 4.78 is 5.40. The number of guanidine groups is 1. The average Bonchev–Trinajstić information content (AvgIpc) is 2.70. The van der Waals surface area contributed by atoms with Crippen molar-refractivity contribution in [1.82, 2.24) is 20.4 Å². The molecule has 0 spiro atoms. The van der Waals surface area contributed by atoms with Gasteiger partial charge in [0.15, 0.2) is 5.96 Å². The fourth-order valence-corrected chi connectivity index (χ4v) is 3.10. The first-order valence-corrected chi connectivity index (χ1v) is 10.3. The van der Waals surface area contributed by atoms with Crippen LogP contribution in [0.3, 0.4) is 0 Å². The predicted octanol–water partition coefficient (Wildman–Crippen LogP) is 2.53. The first-order chi connectivity index (χ1) is 13.2. The monoisotopic (exact) mass is 503 g/mol. The van der Waals surface area contributed by atoms with Gasteiger partial charge in [-0.05, 0) is 44.6 Å². The summed E-state index contributed by atoms with van der Waals surface area (Å²) in [6.45, 7) is 13.8. The number of benzene rings is 1. The van der Waals surface area contributed by atoms with Crippen LogP contribution in [0, 0.1) is 0 Å². The van der Waals surface area contributed by atoms with Crippen LogP contribution in [0.2, 0.25) is 0 Å². The second-order valence-electron chi connectivity index (χ2n) is 7.08. The Morgan fingerprint density at radius 3 is 2.64 bits per heavy atom. The van der Waals surface area contributed by atoms with Gasteiger partial charge in [-0.15, -0.1) is 24.0 Å². The van der Waals surface area contributed by atoms with Gasteiger partial charge in [0.1, 0.15) is 0 Å². The Hall–Kier alpha value is -0.900. The zero-order chi connectivity index (χ0) is 19.3. The second kappa shape index (κ2) is 15.0. The van der Waals surface area contributed by atoms with E-state index in [1.54, 1.807) is 0 Å². The van der Waals surface area contributed by atoms with Crippen molar-refractivity contribution in [3.8, 4) is 0 Å². The molecule has 1 aliphatic heterocycles. The first kappa shape index (κ1) is 25.1. The number of nitrogens with zero attached hydrogens (tertiary/aromatic N) is 3. The Bertz CT molecular complexity index is 563. The molecule has 0 unspecified atom stereocenters. The smallest absolute Gasteiger partial charge is 0.191 e. The molecule has 160 valence electrons. The zero-order valence-electron chi connectivity index (χ0n) is 17.7. The van der Waals surface area contributed by atoms with Gasteiger partial charge in [0.2, 0.25) is 0 Å².